The van der Waals surface area contributed by atoms with Crippen molar-refractivity contribution >= 4 is 34.5 Å². The fourth-order valence-electron chi connectivity index (χ4n) is 2.09. The minimum absolute atomic E-state index is 0.754. The second-order valence-electron chi connectivity index (χ2n) is 4.33. The molecule has 0 aliphatic heterocycles. The van der Waals surface area contributed by atoms with Gasteiger partial charge in [-0.2, -0.15) is 0 Å². The van der Waals surface area contributed by atoms with Crippen molar-refractivity contribution in [2.75, 3.05) is 0 Å². The number of hydrogen-bond acceptors (Lipinski definition) is 1. The molecule has 0 fully saturated rings. The molecule has 2 heteroatoms. The lowest BCUT2D eigenvalue weighted by Gasteiger charge is -2.01. The van der Waals surface area contributed by atoms with Crippen LogP contribution in [0.1, 0.15) is 11.1 Å². The normalized spacial score (nSPS) is 11.2. The molecule has 3 rings (SSSR count). The van der Waals surface area contributed by atoms with E-state index in [1.165, 1.54) is 10.9 Å². The number of benzene rings is 2. The molecule has 19 heavy (non-hydrogen) atoms. The molecule has 2 aromatic carbocycles. The molecular weight excluding hydrogens is 254 g/mol. The second-order valence-corrected chi connectivity index (χ2v) is 4.77. The molecule has 0 saturated heterocycles. The van der Waals surface area contributed by atoms with Crippen LogP contribution in [0, 0.1) is 0 Å². The quantitative estimate of drug-likeness (QED) is 0.590. The van der Waals surface area contributed by atoms with E-state index in [2.05, 4.69) is 29.3 Å². The molecule has 1 nitrogen and oxygen atoms in total. The fourth-order valence-corrected chi connectivity index (χ4v) is 2.29. The van der Waals surface area contributed by atoms with Crippen LogP contribution < -0.4 is 0 Å². The molecule has 0 spiro atoms. The lowest BCUT2D eigenvalue weighted by molar-refractivity contribution is 1.36. The monoisotopic (exact) mass is 265 g/mol. The molecule has 1 aromatic heterocycles. The highest BCUT2D eigenvalue weighted by Gasteiger charge is 1.97. The van der Waals surface area contributed by atoms with E-state index in [-0.39, 0.29) is 0 Å². The summed E-state index contributed by atoms with van der Waals surface area (Å²) in [4.78, 5) is 4.14. The van der Waals surface area contributed by atoms with Crippen molar-refractivity contribution < 1.29 is 0 Å². The standard InChI is InChI=1S/C17H12ClN/c18-16-6-1-3-13(11-16)7-8-14-4-2-5-15-12-19-10-9-17(14)15/h1-12H/b8-7+. The zero-order chi connectivity index (χ0) is 13.1. The van der Waals surface area contributed by atoms with Crippen LogP contribution in [0.4, 0.5) is 0 Å². The number of hydrogen-bond donors (Lipinski definition) is 0. The zero-order valence-corrected chi connectivity index (χ0v) is 11.0. The Morgan fingerprint density at radius 2 is 1.84 bits per heavy atom. The van der Waals surface area contributed by atoms with Gasteiger partial charge in [-0.3, -0.25) is 4.98 Å². The average molecular weight is 266 g/mol. The van der Waals surface area contributed by atoms with Gasteiger partial charge in [-0.15, -0.1) is 0 Å². The van der Waals surface area contributed by atoms with Crippen molar-refractivity contribution in [1.29, 1.82) is 0 Å². The summed E-state index contributed by atoms with van der Waals surface area (Å²) in [7, 11) is 0. The summed E-state index contributed by atoms with van der Waals surface area (Å²) in [6.45, 7) is 0. The third kappa shape index (κ3) is 2.67. The van der Waals surface area contributed by atoms with Gasteiger partial charge in [0.1, 0.15) is 0 Å². The summed E-state index contributed by atoms with van der Waals surface area (Å²) in [6.07, 6.45) is 7.88. The molecule has 0 atom stereocenters. The SMILES string of the molecule is Clc1cccc(/C=C/c2cccc3cnccc23)c1. The maximum Gasteiger partial charge on any atom is 0.0411 e. The summed E-state index contributed by atoms with van der Waals surface area (Å²) in [6, 6.07) is 16.1. The lowest BCUT2D eigenvalue weighted by Crippen LogP contribution is -1.79. The first-order valence-electron chi connectivity index (χ1n) is 6.09. The Morgan fingerprint density at radius 1 is 0.947 bits per heavy atom. The van der Waals surface area contributed by atoms with Crippen LogP contribution >= 0.6 is 11.6 Å². The van der Waals surface area contributed by atoms with Crippen LogP contribution in [0.2, 0.25) is 5.02 Å². The van der Waals surface area contributed by atoms with E-state index in [4.69, 9.17) is 11.6 Å². The molecule has 0 aliphatic carbocycles. The van der Waals surface area contributed by atoms with Gasteiger partial charge in [-0.05, 0) is 34.7 Å². The van der Waals surface area contributed by atoms with Crippen LogP contribution in [0.5, 0.6) is 0 Å². The number of rotatable bonds is 2. The Balaban J connectivity index is 2.02. The number of nitrogens with zero attached hydrogens (tertiary/aromatic N) is 1. The van der Waals surface area contributed by atoms with E-state index < -0.39 is 0 Å². The molecule has 0 N–H and O–H groups in total. The summed E-state index contributed by atoms with van der Waals surface area (Å²) in [5.74, 6) is 0. The highest BCUT2D eigenvalue weighted by Crippen LogP contribution is 2.20. The summed E-state index contributed by atoms with van der Waals surface area (Å²) in [5, 5.41) is 3.11. The van der Waals surface area contributed by atoms with Gasteiger partial charge in [0.05, 0.1) is 0 Å². The molecule has 0 unspecified atom stereocenters. The fraction of sp³-hybridized carbons (Fsp3) is 0. The predicted octanol–water partition coefficient (Wildman–Crippen LogP) is 5.06. The summed E-state index contributed by atoms with van der Waals surface area (Å²) in [5.41, 5.74) is 2.28. The van der Waals surface area contributed by atoms with Crippen LogP contribution in [0.15, 0.2) is 60.9 Å². The van der Waals surface area contributed by atoms with Crippen LogP contribution in [0.3, 0.4) is 0 Å². The molecule has 3 aromatic rings. The Kier molecular flexibility index (Phi) is 3.30. The molecule has 0 bridgehead atoms. The van der Waals surface area contributed by atoms with Gasteiger partial charge in [0.25, 0.3) is 0 Å². The van der Waals surface area contributed by atoms with Crippen LogP contribution in [-0.2, 0) is 0 Å². The van der Waals surface area contributed by atoms with Gasteiger partial charge in [0, 0.05) is 22.8 Å². The number of aromatic nitrogens is 1. The van der Waals surface area contributed by atoms with Gasteiger partial charge in [-0.1, -0.05) is 54.1 Å². The van der Waals surface area contributed by atoms with Gasteiger partial charge < -0.3 is 0 Å². The molecule has 0 radical (unpaired) electrons. The summed E-state index contributed by atoms with van der Waals surface area (Å²) < 4.78 is 0. The number of fused-ring (bicyclic) bond motifs is 1. The van der Waals surface area contributed by atoms with E-state index >= 15 is 0 Å². The van der Waals surface area contributed by atoms with E-state index in [9.17, 15) is 0 Å². The number of pyridine rings is 1. The highest BCUT2D eigenvalue weighted by molar-refractivity contribution is 6.30. The predicted molar refractivity (Wildman–Crippen MR) is 82.1 cm³/mol. The summed E-state index contributed by atoms with van der Waals surface area (Å²) >= 11 is 5.98. The maximum absolute atomic E-state index is 5.98. The highest BCUT2D eigenvalue weighted by atomic mass is 35.5. The van der Waals surface area contributed by atoms with Crippen LogP contribution in [-0.4, -0.2) is 4.98 Å². The lowest BCUT2D eigenvalue weighted by atomic mass is 10.1. The molecule has 0 saturated carbocycles. The Bertz CT molecular complexity index is 742. The average Bonchev–Trinajstić information content (AvgIpc) is 2.45. The minimum Gasteiger partial charge on any atom is -0.264 e. The van der Waals surface area contributed by atoms with Gasteiger partial charge in [0.15, 0.2) is 0 Å². The molecule has 92 valence electrons. The van der Waals surface area contributed by atoms with E-state index in [0.29, 0.717) is 0 Å². The zero-order valence-electron chi connectivity index (χ0n) is 10.3. The van der Waals surface area contributed by atoms with Crippen molar-refractivity contribution in [3.05, 3.63) is 77.1 Å². The van der Waals surface area contributed by atoms with Crippen molar-refractivity contribution in [1.82, 2.24) is 4.98 Å². The van der Waals surface area contributed by atoms with E-state index in [0.717, 1.165) is 16.0 Å². The van der Waals surface area contributed by atoms with Crippen LogP contribution in [0.25, 0.3) is 22.9 Å². The first-order valence-corrected chi connectivity index (χ1v) is 6.47. The Labute approximate surface area is 117 Å². The molecule has 0 aliphatic rings. The maximum atomic E-state index is 5.98. The third-order valence-corrected chi connectivity index (χ3v) is 3.25. The molecule has 0 amide bonds. The van der Waals surface area contributed by atoms with Crippen molar-refractivity contribution in [3.8, 4) is 0 Å². The van der Waals surface area contributed by atoms with Gasteiger partial charge in [-0.25, -0.2) is 0 Å². The van der Waals surface area contributed by atoms with E-state index in [1.54, 1.807) is 0 Å². The smallest absolute Gasteiger partial charge is 0.0411 e. The number of halogens is 1. The topological polar surface area (TPSA) is 12.9 Å². The first-order chi connectivity index (χ1) is 9.33. The molecular formula is C17H12ClN. The first kappa shape index (κ1) is 11.9. The van der Waals surface area contributed by atoms with Crippen molar-refractivity contribution in [2.45, 2.75) is 0 Å². The van der Waals surface area contributed by atoms with Gasteiger partial charge >= 0.3 is 0 Å². The third-order valence-electron chi connectivity index (χ3n) is 3.02. The minimum atomic E-state index is 0.754. The second kappa shape index (κ2) is 5.25. The Morgan fingerprint density at radius 3 is 2.74 bits per heavy atom. The molecule has 1 heterocycles. The van der Waals surface area contributed by atoms with E-state index in [1.807, 2.05) is 48.8 Å². The Hall–Kier alpha value is -2.12. The largest absolute Gasteiger partial charge is 0.264 e. The van der Waals surface area contributed by atoms with Crippen molar-refractivity contribution in [2.24, 2.45) is 0 Å². The van der Waals surface area contributed by atoms with Gasteiger partial charge in [0.2, 0.25) is 0 Å². The van der Waals surface area contributed by atoms with Crippen molar-refractivity contribution in [3.63, 3.8) is 0 Å².